The molecule has 2 fully saturated rings. The van der Waals surface area contributed by atoms with Crippen LogP contribution in [0.1, 0.15) is 37.8 Å². The maximum atomic E-state index is 4.62. The van der Waals surface area contributed by atoms with Crippen molar-refractivity contribution in [2.75, 3.05) is 30.4 Å². The van der Waals surface area contributed by atoms with Crippen molar-refractivity contribution < 1.29 is 0 Å². The number of rotatable bonds is 2. The lowest BCUT2D eigenvalue weighted by Crippen LogP contribution is -2.42. The number of hydrogen-bond acceptors (Lipinski definition) is 4. The van der Waals surface area contributed by atoms with Crippen LogP contribution in [0.25, 0.3) is 0 Å². The van der Waals surface area contributed by atoms with Gasteiger partial charge in [0.1, 0.15) is 5.82 Å². The van der Waals surface area contributed by atoms with Gasteiger partial charge in [-0.15, -0.1) is 0 Å². The zero-order valence-electron chi connectivity index (χ0n) is 12.0. The molecule has 1 saturated heterocycles. The molecule has 1 saturated carbocycles. The van der Waals surface area contributed by atoms with Gasteiger partial charge < -0.3 is 10.2 Å². The van der Waals surface area contributed by atoms with Crippen LogP contribution in [-0.2, 0) is 0 Å². The summed E-state index contributed by atoms with van der Waals surface area (Å²) < 4.78 is 0. The van der Waals surface area contributed by atoms with Gasteiger partial charge in [-0.05, 0) is 31.6 Å². The van der Waals surface area contributed by atoms with Gasteiger partial charge in [-0.3, -0.25) is 0 Å². The number of nitrogens with zero attached hydrogens (tertiary/aromatic N) is 3. The minimum Gasteiger partial charge on any atom is -0.357 e. The van der Waals surface area contributed by atoms with E-state index in [-0.39, 0.29) is 0 Å². The highest BCUT2D eigenvalue weighted by molar-refractivity contribution is 5.45. The third kappa shape index (κ3) is 2.67. The molecule has 1 aliphatic heterocycles. The SMILES string of the molecule is CNc1nc(C)cc(N2CCC3CCCCC3C2)n1. The molecule has 0 spiro atoms. The molecule has 2 atom stereocenters. The maximum Gasteiger partial charge on any atom is 0.224 e. The van der Waals surface area contributed by atoms with Crippen molar-refractivity contribution >= 4 is 11.8 Å². The molecule has 0 bridgehead atoms. The third-order valence-electron chi connectivity index (χ3n) is 4.68. The van der Waals surface area contributed by atoms with Crippen LogP contribution in [0.3, 0.4) is 0 Å². The molecule has 2 aliphatic rings. The predicted molar refractivity (Wildman–Crippen MR) is 78.6 cm³/mol. The van der Waals surface area contributed by atoms with Crippen molar-refractivity contribution in [2.24, 2.45) is 11.8 Å². The minimum absolute atomic E-state index is 0.737. The van der Waals surface area contributed by atoms with Crippen LogP contribution >= 0.6 is 0 Å². The summed E-state index contributed by atoms with van der Waals surface area (Å²) >= 11 is 0. The fraction of sp³-hybridized carbons (Fsp3) is 0.733. The molecule has 0 aromatic carbocycles. The Hall–Kier alpha value is -1.32. The molecule has 1 N–H and O–H groups in total. The number of nitrogens with one attached hydrogen (secondary N) is 1. The predicted octanol–water partition coefficient (Wildman–Crippen LogP) is 2.84. The molecule has 1 aliphatic carbocycles. The lowest BCUT2D eigenvalue weighted by molar-refractivity contribution is 0.202. The Kier molecular flexibility index (Phi) is 3.58. The Morgan fingerprint density at radius 1 is 1.16 bits per heavy atom. The first-order chi connectivity index (χ1) is 9.26. The minimum atomic E-state index is 0.737. The summed E-state index contributed by atoms with van der Waals surface area (Å²) in [6, 6.07) is 2.12. The van der Waals surface area contributed by atoms with E-state index < -0.39 is 0 Å². The highest BCUT2D eigenvalue weighted by Crippen LogP contribution is 2.37. The van der Waals surface area contributed by atoms with Crippen molar-refractivity contribution in [3.63, 3.8) is 0 Å². The lowest BCUT2D eigenvalue weighted by Gasteiger charge is -2.41. The number of fused-ring (bicyclic) bond motifs is 1. The second-order valence-electron chi connectivity index (χ2n) is 5.98. The lowest BCUT2D eigenvalue weighted by atomic mass is 9.75. The molecule has 2 heterocycles. The van der Waals surface area contributed by atoms with Crippen LogP contribution in [0.5, 0.6) is 0 Å². The number of hydrogen-bond donors (Lipinski definition) is 1. The van der Waals surface area contributed by atoms with Crippen LogP contribution in [0.15, 0.2) is 6.07 Å². The quantitative estimate of drug-likeness (QED) is 0.887. The van der Waals surface area contributed by atoms with Gasteiger partial charge in [0.05, 0.1) is 0 Å². The van der Waals surface area contributed by atoms with E-state index in [0.29, 0.717) is 0 Å². The van der Waals surface area contributed by atoms with Gasteiger partial charge >= 0.3 is 0 Å². The summed E-state index contributed by atoms with van der Waals surface area (Å²) in [5, 5.41) is 3.05. The Labute approximate surface area is 115 Å². The average molecular weight is 260 g/mol. The van der Waals surface area contributed by atoms with Crippen LogP contribution in [0, 0.1) is 18.8 Å². The molecular formula is C15H24N4. The molecular weight excluding hydrogens is 236 g/mol. The monoisotopic (exact) mass is 260 g/mol. The van der Waals surface area contributed by atoms with Crippen molar-refractivity contribution in [1.82, 2.24) is 9.97 Å². The molecule has 1 aromatic rings. The highest BCUT2D eigenvalue weighted by atomic mass is 15.2. The summed E-state index contributed by atoms with van der Waals surface area (Å²) in [4.78, 5) is 11.5. The van der Waals surface area contributed by atoms with Crippen molar-refractivity contribution in [2.45, 2.75) is 39.0 Å². The zero-order valence-corrected chi connectivity index (χ0v) is 12.0. The zero-order chi connectivity index (χ0) is 13.2. The number of piperidine rings is 1. The number of aromatic nitrogens is 2. The largest absolute Gasteiger partial charge is 0.357 e. The van der Waals surface area contributed by atoms with E-state index in [1.54, 1.807) is 0 Å². The fourth-order valence-corrected chi connectivity index (χ4v) is 3.63. The van der Waals surface area contributed by atoms with Crippen LogP contribution in [0.2, 0.25) is 0 Å². The average Bonchev–Trinajstić information content (AvgIpc) is 2.46. The van der Waals surface area contributed by atoms with E-state index >= 15 is 0 Å². The van der Waals surface area contributed by atoms with Crippen molar-refractivity contribution in [3.8, 4) is 0 Å². The summed E-state index contributed by atoms with van der Waals surface area (Å²) in [6.45, 7) is 4.38. The van der Waals surface area contributed by atoms with E-state index in [1.165, 1.54) is 38.6 Å². The first-order valence-corrected chi connectivity index (χ1v) is 7.54. The van der Waals surface area contributed by atoms with Gasteiger partial charge in [0.15, 0.2) is 0 Å². The molecule has 3 rings (SSSR count). The Morgan fingerprint density at radius 2 is 1.95 bits per heavy atom. The third-order valence-corrected chi connectivity index (χ3v) is 4.68. The van der Waals surface area contributed by atoms with Crippen molar-refractivity contribution in [1.29, 1.82) is 0 Å². The van der Waals surface area contributed by atoms with E-state index in [1.807, 2.05) is 14.0 Å². The summed E-state index contributed by atoms with van der Waals surface area (Å²) in [5.41, 5.74) is 1.04. The van der Waals surface area contributed by atoms with E-state index in [2.05, 4.69) is 26.3 Å². The normalized spacial score (nSPS) is 26.9. The Bertz CT molecular complexity index is 446. The number of aryl methyl sites for hydroxylation is 1. The molecule has 4 nitrogen and oxygen atoms in total. The molecule has 104 valence electrons. The van der Waals surface area contributed by atoms with Gasteiger partial charge in [0.2, 0.25) is 5.95 Å². The van der Waals surface area contributed by atoms with Crippen LogP contribution in [-0.4, -0.2) is 30.1 Å². The highest BCUT2D eigenvalue weighted by Gasteiger charge is 2.31. The summed E-state index contributed by atoms with van der Waals surface area (Å²) in [7, 11) is 1.88. The topological polar surface area (TPSA) is 41.1 Å². The fourth-order valence-electron chi connectivity index (χ4n) is 3.63. The van der Waals surface area contributed by atoms with Gasteiger partial charge in [0.25, 0.3) is 0 Å². The number of anilines is 2. The standard InChI is InChI=1S/C15H24N4/c1-11-9-14(18-15(16-2)17-11)19-8-7-12-5-3-4-6-13(12)10-19/h9,12-13H,3-8,10H2,1-2H3,(H,16,17,18). The first-order valence-electron chi connectivity index (χ1n) is 7.54. The summed E-state index contributed by atoms with van der Waals surface area (Å²) in [5.74, 6) is 3.69. The smallest absolute Gasteiger partial charge is 0.224 e. The maximum absolute atomic E-state index is 4.62. The second-order valence-corrected chi connectivity index (χ2v) is 5.98. The van der Waals surface area contributed by atoms with Gasteiger partial charge in [-0.25, -0.2) is 4.98 Å². The molecule has 0 amide bonds. The second kappa shape index (κ2) is 5.35. The molecule has 1 aromatic heterocycles. The molecule has 0 radical (unpaired) electrons. The molecule has 2 unspecified atom stereocenters. The molecule has 4 heteroatoms. The van der Waals surface area contributed by atoms with Gasteiger partial charge in [-0.2, -0.15) is 4.98 Å². The van der Waals surface area contributed by atoms with Crippen LogP contribution < -0.4 is 10.2 Å². The Balaban J connectivity index is 1.77. The van der Waals surface area contributed by atoms with E-state index in [4.69, 9.17) is 0 Å². The Morgan fingerprint density at radius 3 is 2.74 bits per heavy atom. The van der Waals surface area contributed by atoms with Crippen LogP contribution in [0.4, 0.5) is 11.8 Å². The van der Waals surface area contributed by atoms with E-state index in [9.17, 15) is 0 Å². The molecule has 19 heavy (non-hydrogen) atoms. The summed E-state index contributed by atoms with van der Waals surface area (Å²) in [6.07, 6.45) is 7.05. The van der Waals surface area contributed by atoms with Gasteiger partial charge in [-0.1, -0.05) is 19.3 Å². The first kappa shape index (κ1) is 12.7. The van der Waals surface area contributed by atoms with Gasteiger partial charge in [0, 0.05) is 31.9 Å². The van der Waals surface area contributed by atoms with E-state index in [0.717, 1.165) is 35.8 Å². The van der Waals surface area contributed by atoms with Crippen molar-refractivity contribution in [3.05, 3.63) is 11.8 Å².